The zero-order valence-corrected chi connectivity index (χ0v) is 12.1. The largest absolute Gasteiger partial charge is 0.489 e. The molecule has 1 aromatic carbocycles. The Hall–Kier alpha value is -2.30. The van der Waals surface area contributed by atoms with Crippen LogP contribution in [0.4, 0.5) is 0 Å². The van der Waals surface area contributed by atoms with Crippen molar-refractivity contribution in [2.45, 2.75) is 20.8 Å². The van der Waals surface area contributed by atoms with E-state index in [0.29, 0.717) is 16.9 Å². The van der Waals surface area contributed by atoms with Gasteiger partial charge in [-0.05, 0) is 50.1 Å². The molecule has 0 fully saturated rings. The summed E-state index contributed by atoms with van der Waals surface area (Å²) in [6, 6.07) is 3.36. The summed E-state index contributed by atoms with van der Waals surface area (Å²) in [7, 11) is 1.33. The van der Waals surface area contributed by atoms with Crippen LogP contribution in [0.1, 0.15) is 28.4 Å². The second-order valence-electron chi connectivity index (χ2n) is 4.49. The number of esters is 1. The normalized spacial score (nSPS) is 11.1. The zero-order chi connectivity index (χ0) is 15.3. The summed E-state index contributed by atoms with van der Waals surface area (Å²) < 4.78 is 10.2. The Bertz CT molecular complexity index is 538. The maximum absolute atomic E-state index is 11.2. The molecular formula is C15H19NO4. The molecule has 0 aliphatic heterocycles. The van der Waals surface area contributed by atoms with E-state index in [1.807, 2.05) is 13.8 Å². The average Bonchev–Trinajstić information content (AvgIpc) is 2.40. The lowest BCUT2D eigenvalue weighted by Crippen LogP contribution is -2.12. The third-order valence-electron chi connectivity index (χ3n) is 2.87. The van der Waals surface area contributed by atoms with Crippen LogP contribution < -0.4 is 10.5 Å². The van der Waals surface area contributed by atoms with Gasteiger partial charge in [0, 0.05) is 11.1 Å². The molecule has 0 radical (unpaired) electrons. The van der Waals surface area contributed by atoms with Gasteiger partial charge < -0.3 is 15.2 Å². The van der Waals surface area contributed by atoms with Crippen LogP contribution in [-0.2, 0) is 9.53 Å². The molecule has 0 saturated heterocycles. The van der Waals surface area contributed by atoms with E-state index >= 15 is 0 Å². The number of benzene rings is 1. The van der Waals surface area contributed by atoms with Crippen molar-refractivity contribution in [1.82, 2.24) is 0 Å². The van der Waals surface area contributed by atoms with Crippen molar-refractivity contribution in [3.8, 4) is 5.75 Å². The Morgan fingerprint density at radius 2 is 1.80 bits per heavy atom. The lowest BCUT2D eigenvalue weighted by molar-refractivity contribution is -0.136. The minimum absolute atomic E-state index is 0.249. The molecule has 1 rings (SSSR count). The van der Waals surface area contributed by atoms with E-state index < -0.39 is 5.91 Å². The van der Waals surface area contributed by atoms with E-state index in [1.54, 1.807) is 25.1 Å². The van der Waals surface area contributed by atoms with Crippen LogP contribution in [0.15, 0.2) is 23.8 Å². The van der Waals surface area contributed by atoms with E-state index in [4.69, 9.17) is 10.5 Å². The van der Waals surface area contributed by atoms with E-state index in [-0.39, 0.29) is 12.6 Å². The number of primary amides is 1. The van der Waals surface area contributed by atoms with Crippen molar-refractivity contribution in [1.29, 1.82) is 0 Å². The maximum atomic E-state index is 11.2. The first-order valence-electron chi connectivity index (χ1n) is 6.15. The summed E-state index contributed by atoms with van der Waals surface area (Å²) in [5.74, 6) is -0.167. The molecule has 0 aliphatic carbocycles. The Balaban J connectivity index is 2.84. The van der Waals surface area contributed by atoms with Crippen LogP contribution in [0.25, 0.3) is 0 Å². The summed E-state index contributed by atoms with van der Waals surface area (Å²) >= 11 is 0. The van der Waals surface area contributed by atoms with Gasteiger partial charge in [0.15, 0.2) is 0 Å². The minimum atomic E-state index is -0.468. The van der Waals surface area contributed by atoms with Crippen LogP contribution >= 0.6 is 0 Å². The maximum Gasteiger partial charge on any atom is 0.333 e. The quantitative estimate of drug-likeness (QED) is 0.658. The second kappa shape index (κ2) is 6.75. The predicted octanol–water partition coefficient (Wildman–Crippen LogP) is 1.90. The standard InChI is InChI=1S/C15H19NO4/c1-9(15(18)19-4)5-6-20-13-10(2)7-12(14(16)17)8-11(13)3/h5,7-8H,6H2,1-4H3,(H2,16,17). The van der Waals surface area contributed by atoms with Crippen molar-refractivity contribution >= 4 is 11.9 Å². The summed E-state index contributed by atoms with van der Waals surface area (Å²) in [6.45, 7) is 5.58. The topological polar surface area (TPSA) is 78.6 Å². The van der Waals surface area contributed by atoms with E-state index in [9.17, 15) is 9.59 Å². The lowest BCUT2D eigenvalue weighted by Gasteiger charge is -2.12. The predicted molar refractivity (Wildman–Crippen MR) is 75.7 cm³/mol. The van der Waals surface area contributed by atoms with Crippen LogP contribution in [0.2, 0.25) is 0 Å². The first-order chi connectivity index (χ1) is 9.36. The number of carbonyl (C=O) groups excluding carboxylic acids is 2. The lowest BCUT2D eigenvalue weighted by atomic mass is 10.1. The van der Waals surface area contributed by atoms with Crippen LogP contribution in [0.5, 0.6) is 5.75 Å². The van der Waals surface area contributed by atoms with Gasteiger partial charge in [-0.3, -0.25) is 4.79 Å². The molecule has 0 heterocycles. The Kier molecular flexibility index (Phi) is 5.32. The van der Waals surface area contributed by atoms with Crippen LogP contribution in [0, 0.1) is 13.8 Å². The summed E-state index contributed by atoms with van der Waals surface area (Å²) in [6.07, 6.45) is 1.65. The number of rotatable bonds is 5. The highest BCUT2D eigenvalue weighted by Gasteiger charge is 2.09. The van der Waals surface area contributed by atoms with Gasteiger partial charge in [-0.2, -0.15) is 0 Å². The van der Waals surface area contributed by atoms with E-state index in [1.165, 1.54) is 7.11 Å². The highest BCUT2D eigenvalue weighted by Crippen LogP contribution is 2.24. The third-order valence-corrected chi connectivity index (χ3v) is 2.87. The molecule has 1 aromatic rings. The first kappa shape index (κ1) is 15.8. The second-order valence-corrected chi connectivity index (χ2v) is 4.49. The van der Waals surface area contributed by atoms with Crippen molar-refractivity contribution in [3.05, 3.63) is 40.5 Å². The van der Waals surface area contributed by atoms with Gasteiger partial charge in [-0.15, -0.1) is 0 Å². The smallest absolute Gasteiger partial charge is 0.333 e. The highest BCUT2D eigenvalue weighted by atomic mass is 16.5. The molecule has 0 saturated carbocycles. The van der Waals surface area contributed by atoms with Gasteiger partial charge in [-0.1, -0.05) is 0 Å². The molecule has 0 unspecified atom stereocenters. The summed E-state index contributed by atoms with van der Waals surface area (Å²) in [4.78, 5) is 22.4. The molecule has 0 bridgehead atoms. The van der Waals surface area contributed by atoms with Crippen molar-refractivity contribution in [2.24, 2.45) is 5.73 Å². The van der Waals surface area contributed by atoms with Crippen molar-refractivity contribution < 1.29 is 19.1 Å². The molecule has 5 nitrogen and oxygen atoms in total. The van der Waals surface area contributed by atoms with Gasteiger partial charge in [0.2, 0.25) is 5.91 Å². The van der Waals surface area contributed by atoms with Gasteiger partial charge in [-0.25, -0.2) is 4.79 Å². The number of carbonyl (C=O) groups is 2. The molecule has 1 amide bonds. The van der Waals surface area contributed by atoms with E-state index in [0.717, 1.165) is 11.1 Å². The number of aryl methyl sites for hydroxylation is 2. The SMILES string of the molecule is COC(=O)C(C)=CCOc1c(C)cc(C(N)=O)cc1C. The molecule has 108 valence electrons. The molecular weight excluding hydrogens is 258 g/mol. The Morgan fingerprint density at radius 3 is 2.25 bits per heavy atom. The molecule has 0 spiro atoms. The summed E-state index contributed by atoms with van der Waals surface area (Å²) in [5, 5.41) is 0. The minimum Gasteiger partial charge on any atom is -0.489 e. The fraction of sp³-hybridized carbons (Fsp3) is 0.333. The number of amides is 1. The van der Waals surface area contributed by atoms with Crippen molar-refractivity contribution in [3.63, 3.8) is 0 Å². The molecule has 0 aliphatic rings. The molecule has 2 N–H and O–H groups in total. The van der Waals surface area contributed by atoms with E-state index in [2.05, 4.69) is 4.74 Å². The van der Waals surface area contributed by atoms with Crippen molar-refractivity contribution in [2.75, 3.05) is 13.7 Å². The fourth-order valence-corrected chi connectivity index (χ4v) is 1.81. The monoisotopic (exact) mass is 277 g/mol. The molecule has 0 aromatic heterocycles. The van der Waals surface area contributed by atoms with Gasteiger partial charge in [0.1, 0.15) is 12.4 Å². The van der Waals surface area contributed by atoms with Gasteiger partial charge in [0.05, 0.1) is 7.11 Å². The van der Waals surface area contributed by atoms with Gasteiger partial charge in [0.25, 0.3) is 0 Å². The fourth-order valence-electron chi connectivity index (χ4n) is 1.81. The summed E-state index contributed by atoms with van der Waals surface area (Å²) in [5.41, 5.74) is 7.83. The van der Waals surface area contributed by atoms with Gasteiger partial charge >= 0.3 is 5.97 Å². The Labute approximate surface area is 118 Å². The third kappa shape index (κ3) is 3.85. The number of methoxy groups -OCH3 is 1. The highest BCUT2D eigenvalue weighted by molar-refractivity contribution is 5.93. The molecule has 0 atom stereocenters. The number of nitrogens with two attached hydrogens (primary N) is 1. The number of ether oxygens (including phenoxy) is 2. The zero-order valence-electron chi connectivity index (χ0n) is 12.1. The molecule has 5 heteroatoms. The molecule has 20 heavy (non-hydrogen) atoms. The first-order valence-corrected chi connectivity index (χ1v) is 6.15. The Morgan fingerprint density at radius 1 is 1.25 bits per heavy atom. The van der Waals surface area contributed by atoms with Crippen LogP contribution in [0.3, 0.4) is 0 Å². The average molecular weight is 277 g/mol. The number of hydrogen-bond acceptors (Lipinski definition) is 4. The van der Waals surface area contributed by atoms with Crippen LogP contribution in [-0.4, -0.2) is 25.6 Å². The number of hydrogen-bond donors (Lipinski definition) is 1.